The number of nitrogens with one attached hydrogen (secondary N) is 1. The fourth-order valence-corrected chi connectivity index (χ4v) is 2.23. The number of esters is 1. The maximum Gasteiger partial charge on any atom is 0.339 e. The van der Waals surface area contributed by atoms with Gasteiger partial charge in [0.15, 0.2) is 6.61 Å². The maximum atomic E-state index is 12.0. The zero-order chi connectivity index (χ0) is 17.5. The van der Waals surface area contributed by atoms with Gasteiger partial charge < -0.3 is 14.8 Å². The molecule has 0 aliphatic carbocycles. The summed E-state index contributed by atoms with van der Waals surface area (Å²) < 4.78 is 10.1. The number of carbonyl (C=O) groups excluding carboxylic acids is 2. The second-order valence-electron chi connectivity index (χ2n) is 5.02. The Morgan fingerprint density at radius 1 is 1.12 bits per heavy atom. The predicted octanol–water partition coefficient (Wildman–Crippen LogP) is 3.71. The first-order valence-electron chi connectivity index (χ1n) is 7.43. The molecule has 126 valence electrons. The molecule has 0 aliphatic rings. The lowest BCUT2D eigenvalue weighted by molar-refractivity contribution is -0.118. The first kappa shape index (κ1) is 17.8. The van der Waals surface area contributed by atoms with Crippen molar-refractivity contribution in [2.24, 2.45) is 0 Å². The number of hydrogen-bond donors (Lipinski definition) is 1. The Balaban J connectivity index is 1.95. The molecular weight excluding hydrogens is 330 g/mol. The van der Waals surface area contributed by atoms with Gasteiger partial charge in [-0.15, -0.1) is 0 Å². The summed E-state index contributed by atoms with van der Waals surface area (Å²) in [5.74, 6) is -0.287. The van der Waals surface area contributed by atoms with Crippen LogP contribution in [0.1, 0.15) is 22.8 Å². The van der Waals surface area contributed by atoms with Crippen molar-refractivity contribution in [3.8, 4) is 5.75 Å². The lowest BCUT2D eigenvalue weighted by atomic mass is 10.2. The maximum absolute atomic E-state index is 12.0. The summed E-state index contributed by atoms with van der Waals surface area (Å²) >= 11 is 5.93. The quantitative estimate of drug-likeness (QED) is 0.809. The third kappa shape index (κ3) is 4.73. The van der Waals surface area contributed by atoms with Gasteiger partial charge in [0.05, 0.1) is 17.7 Å². The molecule has 0 saturated carbocycles. The molecule has 2 aromatic carbocycles. The summed E-state index contributed by atoms with van der Waals surface area (Å²) in [7, 11) is 1.27. The van der Waals surface area contributed by atoms with Gasteiger partial charge in [0, 0.05) is 5.69 Å². The van der Waals surface area contributed by atoms with Gasteiger partial charge in [-0.25, -0.2) is 4.79 Å². The Morgan fingerprint density at radius 2 is 1.83 bits per heavy atom. The number of halogens is 1. The van der Waals surface area contributed by atoms with Crippen molar-refractivity contribution in [2.45, 2.75) is 13.3 Å². The Labute approximate surface area is 145 Å². The van der Waals surface area contributed by atoms with Crippen LogP contribution in [-0.4, -0.2) is 25.6 Å². The molecule has 2 aromatic rings. The smallest absolute Gasteiger partial charge is 0.339 e. The summed E-state index contributed by atoms with van der Waals surface area (Å²) in [4.78, 5) is 23.6. The van der Waals surface area contributed by atoms with E-state index in [0.29, 0.717) is 11.4 Å². The highest BCUT2D eigenvalue weighted by Gasteiger charge is 2.12. The van der Waals surface area contributed by atoms with Gasteiger partial charge in [0.25, 0.3) is 5.91 Å². The van der Waals surface area contributed by atoms with Crippen LogP contribution in [0.5, 0.6) is 5.75 Å². The first-order chi connectivity index (χ1) is 11.5. The van der Waals surface area contributed by atoms with Crippen LogP contribution in [0, 0.1) is 0 Å². The van der Waals surface area contributed by atoms with E-state index in [1.54, 1.807) is 6.07 Å². The minimum absolute atomic E-state index is 0.137. The molecule has 1 amide bonds. The van der Waals surface area contributed by atoms with Gasteiger partial charge in [-0.2, -0.15) is 0 Å². The molecule has 1 N–H and O–H groups in total. The number of amides is 1. The molecule has 5 nitrogen and oxygen atoms in total. The number of anilines is 1. The van der Waals surface area contributed by atoms with Crippen LogP contribution in [-0.2, 0) is 16.0 Å². The summed E-state index contributed by atoms with van der Waals surface area (Å²) in [6.45, 7) is 1.93. The van der Waals surface area contributed by atoms with E-state index in [1.165, 1.54) is 24.8 Å². The van der Waals surface area contributed by atoms with Gasteiger partial charge in [-0.3, -0.25) is 4.79 Å². The van der Waals surface area contributed by atoms with Crippen molar-refractivity contribution in [2.75, 3.05) is 19.0 Å². The molecule has 0 atom stereocenters. The average Bonchev–Trinajstić information content (AvgIpc) is 2.61. The Bertz CT molecular complexity index is 728. The monoisotopic (exact) mass is 347 g/mol. The van der Waals surface area contributed by atoms with Crippen molar-refractivity contribution < 1.29 is 19.1 Å². The Hall–Kier alpha value is -2.53. The minimum Gasteiger partial charge on any atom is -0.484 e. The van der Waals surface area contributed by atoms with E-state index >= 15 is 0 Å². The fourth-order valence-electron chi connectivity index (χ4n) is 2.04. The molecule has 0 unspecified atom stereocenters. The van der Waals surface area contributed by atoms with E-state index in [1.807, 2.05) is 24.3 Å². The van der Waals surface area contributed by atoms with Crippen LogP contribution in [0.25, 0.3) is 0 Å². The van der Waals surface area contributed by atoms with E-state index in [4.69, 9.17) is 16.3 Å². The van der Waals surface area contributed by atoms with Crippen LogP contribution in [0.2, 0.25) is 5.02 Å². The fraction of sp³-hybridized carbons (Fsp3) is 0.222. The molecule has 0 spiro atoms. The number of ether oxygens (including phenoxy) is 2. The summed E-state index contributed by atoms with van der Waals surface area (Å²) in [5.41, 5.74) is 1.83. The number of rotatable bonds is 6. The summed E-state index contributed by atoms with van der Waals surface area (Å²) in [6.07, 6.45) is 0.944. The van der Waals surface area contributed by atoms with Gasteiger partial charge in [0.2, 0.25) is 0 Å². The Kier molecular flexibility index (Phi) is 6.21. The number of hydrogen-bond acceptors (Lipinski definition) is 4. The van der Waals surface area contributed by atoms with E-state index in [-0.39, 0.29) is 23.1 Å². The number of aryl methyl sites for hydroxylation is 1. The molecule has 0 bridgehead atoms. The van der Waals surface area contributed by atoms with E-state index in [2.05, 4.69) is 17.0 Å². The van der Waals surface area contributed by atoms with E-state index < -0.39 is 5.97 Å². The lowest BCUT2D eigenvalue weighted by Crippen LogP contribution is -2.20. The highest BCUT2D eigenvalue weighted by atomic mass is 35.5. The molecule has 0 aliphatic heterocycles. The molecule has 0 saturated heterocycles. The van der Waals surface area contributed by atoms with Crippen molar-refractivity contribution in [3.63, 3.8) is 0 Å². The highest BCUT2D eigenvalue weighted by molar-refractivity contribution is 6.33. The third-order valence-electron chi connectivity index (χ3n) is 3.36. The zero-order valence-corrected chi connectivity index (χ0v) is 14.2. The van der Waals surface area contributed by atoms with E-state index in [9.17, 15) is 9.59 Å². The third-order valence-corrected chi connectivity index (χ3v) is 3.69. The normalized spacial score (nSPS) is 10.1. The molecular formula is C18H18ClNO4. The van der Waals surface area contributed by atoms with Crippen LogP contribution in [0.3, 0.4) is 0 Å². The van der Waals surface area contributed by atoms with Gasteiger partial charge in [-0.05, 0) is 42.3 Å². The summed E-state index contributed by atoms with van der Waals surface area (Å²) in [5, 5.41) is 2.91. The largest absolute Gasteiger partial charge is 0.484 e. The standard InChI is InChI=1S/C18H18ClNO4/c1-3-12-4-7-14(8-5-12)24-11-17(21)20-13-6-9-16(19)15(10-13)18(22)23-2/h4-10H,3,11H2,1-2H3,(H,20,21). The minimum atomic E-state index is -0.566. The second kappa shape index (κ2) is 8.36. The molecule has 0 heterocycles. The Morgan fingerprint density at radius 3 is 2.46 bits per heavy atom. The highest BCUT2D eigenvalue weighted by Crippen LogP contribution is 2.21. The van der Waals surface area contributed by atoms with Crippen LogP contribution < -0.4 is 10.1 Å². The van der Waals surface area contributed by atoms with Crippen molar-refractivity contribution in [1.29, 1.82) is 0 Å². The zero-order valence-electron chi connectivity index (χ0n) is 13.5. The molecule has 24 heavy (non-hydrogen) atoms. The molecule has 0 fully saturated rings. The number of methoxy groups -OCH3 is 1. The molecule has 6 heteroatoms. The van der Waals surface area contributed by atoms with Crippen LogP contribution in [0.4, 0.5) is 5.69 Å². The number of benzene rings is 2. The van der Waals surface area contributed by atoms with Crippen molar-refractivity contribution >= 4 is 29.2 Å². The van der Waals surface area contributed by atoms with Crippen molar-refractivity contribution in [1.82, 2.24) is 0 Å². The summed E-state index contributed by atoms with van der Waals surface area (Å²) in [6, 6.07) is 12.1. The second-order valence-corrected chi connectivity index (χ2v) is 5.43. The van der Waals surface area contributed by atoms with E-state index in [0.717, 1.165) is 6.42 Å². The number of carbonyl (C=O) groups is 2. The van der Waals surface area contributed by atoms with Crippen molar-refractivity contribution in [3.05, 3.63) is 58.6 Å². The van der Waals surface area contributed by atoms with Gasteiger partial charge in [-0.1, -0.05) is 30.7 Å². The van der Waals surface area contributed by atoms with Crippen LogP contribution in [0.15, 0.2) is 42.5 Å². The SMILES string of the molecule is CCc1ccc(OCC(=O)Nc2ccc(Cl)c(C(=O)OC)c2)cc1. The molecule has 0 radical (unpaired) electrons. The molecule has 0 aromatic heterocycles. The lowest BCUT2D eigenvalue weighted by Gasteiger charge is -2.09. The predicted molar refractivity (Wildman–Crippen MR) is 92.7 cm³/mol. The van der Waals surface area contributed by atoms with Gasteiger partial charge >= 0.3 is 5.97 Å². The van der Waals surface area contributed by atoms with Gasteiger partial charge in [0.1, 0.15) is 5.75 Å². The topological polar surface area (TPSA) is 64.6 Å². The average molecular weight is 348 g/mol. The molecule has 2 rings (SSSR count). The van der Waals surface area contributed by atoms with Crippen LogP contribution >= 0.6 is 11.6 Å². The first-order valence-corrected chi connectivity index (χ1v) is 7.80.